The molecule has 15 nitrogen and oxygen atoms in total. The summed E-state index contributed by atoms with van der Waals surface area (Å²) in [5, 5.41) is 2.58. The highest BCUT2D eigenvalue weighted by Gasteiger charge is 2.37. The maximum absolute atomic E-state index is 13.3. The zero-order valence-electron chi connectivity index (χ0n) is 36.0. The van der Waals surface area contributed by atoms with Crippen molar-refractivity contribution < 1.29 is 33.3 Å². The summed E-state index contributed by atoms with van der Waals surface area (Å²) in [6.45, 7) is 9.41. The molecule has 1 saturated heterocycles. The molecule has 4 atom stereocenters. The van der Waals surface area contributed by atoms with Gasteiger partial charge in [-0.2, -0.15) is 0 Å². The van der Waals surface area contributed by atoms with Crippen molar-refractivity contribution in [2.45, 2.75) is 77.7 Å². The van der Waals surface area contributed by atoms with Gasteiger partial charge in [0.2, 0.25) is 11.8 Å². The summed E-state index contributed by atoms with van der Waals surface area (Å²) in [7, 11) is 2.92. The van der Waals surface area contributed by atoms with Crippen LogP contribution in [0.4, 0.5) is 4.79 Å². The molecule has 1 unspecified atom stereocenters. The lowest BCUT2D eigenvalue weighted by Gasteiger charge is -2.35. The van der Waals surface area contributed by atoms with Crippen molar-refractivity contribution in [2.24, 2.45) is 11.7 Å². The van der Waals surface area contributed by atoms with Gasteiger partial charge in [0.05, 0.1) is 56.6 Å². The average Bonchev–Trinajstić information content (AvgIpc) is 4.09. The van der Waals surface area contributed by atoms with Crippen molar-refractivity contribution in [1.82, 2.24) is 35.1 Å². The van der Waals surface area contributed by atoms with E-state index in [4.69, 9.17) is 24.9 Å². The smallest absolute Gasteiger partial charge is 0.407 e. The van der Waals surface area contributed by atoms with Gasteiger partial charge in [-0.3, -0.25) is 9.59 Å². The third-order valence-corrected chi connectivity index (χ3v) is 11.9. The summed E-state index contributed by atoms with van der Waals surface area (Å²) < 4.78 is 23.9. The van der Waals surface area contributed by atoms with Crippen LogP contribution in [0.1, 0.15) is 87.4 Å². The molecule has 2 aromatic heterocycles. The molecular weight excluding hydrogens is 789 g/mol. The monoisotopic (exact) mass is 842 g/mol. The Hall–Kier alpha value is -6.61. The minimum absolute atomic E-state index is 0.0291. The normalized spacial score (nSPS) is 17.6. The average molecular weight is 843 g/mol. The molecule has 0 saturated carbocycles. The van der Waals surface area contributed by atoms with E-state index in [1.165, 1.54) is 7.11 Å². The highest BCUT2D eigenvalue weighted by molar-refractivity contribution is 6.00. The Morgan fingerprint density at radius 1 is 0.968 bits per heavy atom. The number of imidazole rings is 2. The number of hydrogen-bond acceptors (Lipinski definition) is 10. The standard InChI is InChI=1S/C47H54N8O7/c1-7-17-54(46(57)42(48)26(2)3)24-40-49-22-35(52-40)29-13-15-32-34-25-61-38-20-28(14-16-33(38)41(34)43(62-39(32)21-29)30-10-8-11-31(19-30)59-5)36-23-50-44(53-36)37-12-9-18-55(37)45(56)27(4)51-47(58)60-6/h8,10-11,13-16,19-23,26-27,37,42-43H,7,9,12,17-18,24-25,48H2,1-6H3,(H,49,52)(H,50,53)(H,51,58)/t27-,37-,42-,43?/m0/s1. The van der Waals surface area contributed by atoms with E-state index in [0.29, 0.717) is 49.4 Å². The number of nitrogens with zero attached hydrogens (tertiary/aromatic N) is 4. The minimum Gasteiger partial charge on any atom is -0.497 e. The molecule has 3 aromatic carbocycles. The van der Waals surface area contributed by atoms with Gasteiger partial charge >= 0.3 is 6.09 Å². The van der Waals surface area contributed by atoms with Gasteiger partial charge in [0.25, 0.3) is 0 Å². The number of alkyl carbamates (subject to hydrolysis) is 1. The number of carbonyl (C=O) groups is 3. The summed E-state index contributed by atoms with van der Waals surface area (Å²) >= 11 is 0. The summed E-state index contributed by atoms with van der Waals surface area (Å²) in [5.41, 5.74) is 14.4. The molecule has 3 aliphatic heterocycles. The Labute approximate surface area is 361 Å². The van der Waals surface area contributed by atoms with Gasteiger partial charge in [-0.05, 0) is 56.4 Å². The van der Waals surface area contributed by atoms with Crippen LogP contribution in [0.15, 0.2) is 73.1 Å². The predicted molar refractivity (Wildman–Crippen MR) is 234 cm³/mol. The van der Waals surface area contributed by atoms with Gasteiger partial charge in [0.1, 0.15) is 41.5 Å². The third kappa shape index (κ3) is 8.24. The van der Waals surface area contributed by atoms with Crippen molar-refractivity contribution in [3.05, 3.63) is 101 Å². The molecule has 62 heavy (non-hydrogen) atoms. The number of rotatable bonds is 13. The van der Waals surface area contributed by atoms with Crippen LogP contribution in [0.2, 0.25) is 0 Å². The van der Waals surface area contributed by atoms with E-state index in [1.54, 1.807) is 36.2 Å². The van der Waals surface area contributed by atoms with E-state index in [0.717, 1.165) is 75.4 Å². The molecule has 15 heteroatoms. The van der Waals surface area contributed by atoms with Crippen LogP contribution in [0, 0.1) is 5.92 Å². The van der Waals surface area contributed by atoms with Gasteiger partial charge in [-0.1, -0.05) is 57.2 Å². The molecule has 0 aliphatic carbocycles. The molecule has 1 fully saturated rings. The number of methoxy groups -OCH3 is 2. The van der Waals surface area contributed by atoms with Crippen LogP contribution >= 0.6 is 0 Å². The molecule has 8 rings (SSSR count). The molecule has 0 radical (unpaired) electrons. The molecule has 5 aromatic rings. The van der Waals surface area contributed by atoms with Crippen LogP contribution in [-0.2, 0) is 20.9 Å². The highest BCUT2D eigenvalue weighted by Crippen LogP contribution is 2.52. The quantitative estimate of drug-likeness (QED) is 0.0957. The maximum atomic E-state index is 13.3. The van der Waals surface area contributed by atoms with E-state index < -0.39 is 24.3 Å². The Morgan fingerprint density at radius 2 is 1.71 bits per heavy atom. The second kappa shape index (κ2) is 17.8. The maximum Gasteiger partial charge on any atom is 0.407 e. The third-order valence-electron chi connectivity index (χ3n) is 11.9. The number of carbonyl (C=O) groups excluding carboxylic acids is 3. The first-order chi connectivity index (χ1) is 30.0. The fraction of sp³-hybridized carbons (Fsp3) is 0.383. The fourth-order valence-electron chi connectivity index (χ4n) is 8.52. The molecule has 5 heterocycles. The molecule has 324 valence electrons. The van der Waals surface area contributed by atoms with E-state index in [9.17, 15) is 14.4 Å². The van der Waals surface area contributed by atoms with Gasteiger partial charge < -0.3 is 49.8 Å². The second-order valence-corrected chi connectivity index (χ2v) is 16.4. The van der Waals surface area contributed by atoms with Crippen LogP contribution in [-0.4, -0.2) is 93.6 Å². The molecule has 3 aliphatic rings. The summed E-state index contributed by atoms with van der Waals surface area (Å²) in [6, 6.07) is 18.6. The second-order valence-electron chi connectivity index (χ2n) is 16.4. The minimum atomic E-state index is -0.737. The first kappa shape index (κ1) is 42.1. The number of nitrogens with two attached hydrogens (primary N) is 1. The molecular formula is C47H54N8O7. The van der Waals surface area contributed by atoms with Crippen molar-refractivity contribution in [3.63, 3.8) is 0 Å². The number of likely N-dealkylation sites (tertiary alicyclic amines) is 1. The van der Waals surface area contributed by atoms with Gasteiger partial charge in [-0.25, -0.2) is 14.8 Å². The van der Waals surface area contributed by atoms with E-state index >= 15 is 0 Å². The van der Waals surface area contributed by atoms with E-state index in [-0.39, 0.29) is 23.8 Å². The fourth-order valence-corrected chi connectivity index (χ4v) is 8.52. The summed E-state index contributed by atoms with van der Waals surface area (Å²) in [5.74, 6) is 3.25. The van der Waals surface area contributed by atoms with Crippen molar-refractivity contribution in [2.75, 3.05) is 33.9 Å². The number of H-pyrrole nitrogens is 2. The SMILES string of the molecule is CCCN(Cc1ncc(-c2ccc3c(c2)OC(c2cccc(OC)c2)C2=C3COc3cc(-c4cnc([C@@H]5CCCN5C(=O)[C@H](C)NC(=O)OC)[nH]4)ccc32)[nH]1)C(=O)[C@@H](N)C(C)C. The Morgan fingerprint density at radius 3 is 2.45 bits per heavy atom. The zero-order chi connectivity index (χ0) is 43.7. The Balaban J connectivity index is 1.09. The molecule has 0 spiro atoms. The largest absolute Gasteiger partial charge is 0.497 e. The zero-order valence-corrected chi connectivity index (χ0v) is 36.0. The van der Waals surface area contributed by atoms with E-state index in [1.807, 2.05) is 69.3 Å². The summed E-state index contributed by atoms with van der Waals surface area (Å²) in [6.07, 6.45) is 4.82. The molecule has 5 N–H and O–H groups in total. The van der Waals surface area contributed by atoms with Gasteiger partial charge in [-0.15, -0.1) is 0 Å². The first-order valence-electron chi connectivity index (χ1n) is 21.2. The van der Waals surface area contributed by atoms with Crippen LogP contribution < -0.4 is 25.3 Å². The lowest BCUT2D eigenvalue weighted by molar-refractivity contribution is -0.134. The predicted octanol–water partition coefficient (Wildman–Crippen LogP) is 7.04. The molecule has 3 amide bonds. The van der Waals surface area contributed by atoms with Crippen LogP contribution in [0.5, 0.6) is 17.2 Å². The van der Waals surface area contributed by atoms with Crippen molar-refractivity contribution >= 4 is 29.1 Å². The lowest BCUT2D eigenvalue weighted by Crippen LogP contribution is -2.46. The number of benzene rings is 3. The first-order valence-corrected chi connectivity index (χ1v) is 21.2. The lowest BCUT2D eigenvalue weighted by atomic mass is 9.83. The van der Waals surface area contributed by atoms with Gasteiger partial charge in [0, 0.05) is 52.1 Å². The topological polar surface area (TPSA) is 190 Å². The number of fused-ring (bicyclic) bond motifs is 4. The number of nitrogens with one attached hydrogen (secondary N) is 3. The van der Waals surface area contributed by atoms with Crippen molar-refractivity contribution in [3.8, 4) is 39.8 Å². The number of ether oxygens (including phenoxy) is 4. The Kier molecular flexibility index (Phi) is 12.1. The molecule has 0 bridgehead atoms. The number of aromatic nitrogens is 4. The number of amides is 3. The van der Waals surface area contributed by atoms with Crippen molar-refractivity contribution in [1.29, 1.82) is 0 Å². The van der Waals surface area contributed by atoms with Crippen LogP contribution in [0.3, 0.4) is 0 Å². The van der Waals surface area contributed by atoms with Crippen LogP contribution in [0.25, 0.3) is 33.7 Å². The summed E-state index contributed by atoms with van der Waals surface area (Å²) in [4.78, 5) is 58.1. The Bertz CT molecular complexity index is 2510. The number of hydrogen-bond donors (Lipinski definition) is 4. The number of aromatic amines is 2. The van der Waals surface area contributed by atoms with E-state index in [2.05, 4.69) is 37.1 Å². The highest BCUT2D eigenvalue weighted by atomic mass is 16.5. The van der Waals surface area contributed by atoms with Gasteiger partial charge in [0.15, 0.2) is 6.10 Å².